The van der Waals surface area contributed by atoms with E-state index in [-0.39, 0.29) is 0 Å². The third kappa shape index (κ3) is 2.72. The number of imidazole rings is 1. The summed E-state index contributed by atoms with van der Waals surface area (Å²) in [6.45, 7) is 4.77. The van der Waals surface area contributed by atoms with Crippen LogP contribution < -0.4 is 5.73 Å². The molecule has 0 aliphatic rings. The Bertz CT molecular complexity index is 775. The number of rotatable bonds is 4. The van der Waals surface area contributed by atoms with Crippen molar-refractivity contribution in [3.63, 3.8) is 0 Å². The standard InChI is InChI=1S/C16H19N5/c1-3-4-16-20-14-9-12(17)5-6-15(14)21(16)10-13-7-8-18-11(2)19-13/h5-9H,3-4,10,17H2,1-2H3. The molecule has 0 radical (unpaired) electrons. The van der Waals surface area contributed by atoms with Crippen molar-refractivity contribution in [3.05, 3.63) is 47.8 Å². The average molecular weight is 281 g/mol. The van der Waals surface area contributed by atoms with E-state index in [0.29, 0.717) is 6.54 Å². The van der Waals surface area contributed by atoms with Gasteiger partial charge in [-0.25, -0.2) is 15.0 Å². The first-order valence-electron chi connectivity index (χ1n) is 7.20. The number of hydrogen-bond donors (Lipinski definition) is 1. The van der Waals surface area contributed by atoms with Crippen LogP contribution in [0.3, 0.4) is 0 Å². The van der Waals surface area contributed by atoms with Crippen LogP contribution in [0.1, 0.15) is 30.7 Å². The minimum absolute atomic E-state index is 0.707. The Kier molecular flexibility index (Phi) is 3.56. The van der Waals surface area contributed by atoms with Gasteiger partial charge in [-0.2, -0.15) is 0 Å². The van der Waals surface area contributed by atoms with Crippen molar-refractivity contribution in [3.8, 4) is 0 Å². The Hall–Kier alpha value is -2.43. The number of benzene rings is 1. The lowest BCUT2D eigenvalue weighted by atomic mass is 10.2. The normalized spacial score (nSPS) is 11.1. The molecule has 5 nitrogen and oxygen atoms in total. The van der Waals surface area contributed by atoms with Crippen LogP contribution in [-0.2, 0) is 13.0 Å². The second kappa shape index (κ2) is 5.52. The molecule has 21 heavy (non-hydrogen) atoms. The van der Waals surface area contributed by atoms with Crippen molar-refractivity contribution in [1.29, 1.82) is 0 Å². The van der Waals surface area contributed by atoms with Crippen molar-refractivity contribution in [1.82, 2.24) is 19.5 Å². The molecule has 2 N–H and O–H groups in total. The van der Waals surface area contributed by atoms with Gasteiger partial charge in [0.2, 0.25) is 0 Å². The lowest BCUT2D eigenvalue weighted by Gasteiger charge is -2.08. The first-order valence-corrected chi connectivity index (χ1v) is 7.20. The first-order chi connectivity index (χ1) is 10.2. The van der Waals surface area contributed by atoms with Gasteiger partial charge in [0.1, 0.15) is 11.6 Å². The van der Waals surface area contributed by atoms with E-state index in [9.17, 15) is 0 Å². The summed E-state index contributed by atoms with van der Waals surface area (Å²) >= 11 is 0. The second-order valence-corrected chi connectivity index (χ2v) is 5.21. The lowest BCUT2D eigenvalue weighted by molar-refractivity contribution is 0.705. The van der Waals surface area contributed by atoms with Gasteiger partial charge >= 0.3 is 0 Å². The summed E-state index contributed by atoms with van der Waals surface area (Å²) in [5.74, 6) is 1.87. The molecule has 1 aromatic carbocycles. The summed E-state index contributed by atoms with van der Waals surface area (Å²) < 4.78 is 2.22. The highest BCUT2D eigenvalue weighted by molar-refractivity contribution is 5.79. The third-order valence-corrected chi connectivity index (χ3v) is 3.48. The number of aromatic nitrogens is 4. The molecule has 3 aromatic rings. The van der Waals surface area contributed by atoms with Crippen molar-refractivity contribution < 1.29 is 0 Å². The number of anilines is 1. The molecule has 0 aliphatic heterocycles. The molecule has 0 saturated carbocycles. The molecule has 0 saturated heterocycles. The third-order valence-electron chi connectivity index (χ3n) is 3.48. The smallest absolute Gasteiger partial charge is 0.125 e. The first kappa shape index (κ1) is 13.5. The highest BCUT2D eigenvalue weighted by atomic mass is 15.1. The van der Waals surface area contributed by atoms with E-state index in [2.05, 4.69) is 21.5 Å². The van der Waals surface area contributed by atoms with Crippen molar-refractivity contribution >= 4 is 16.7 Å². The van der Waals surface area contributed by atoms with Crippen LogP contribution in [0.15, 0.2) is 30.5 Å². The summed E-state index contributed by atoms with van der Waals surface area (Å²) in [5, 5.41) is 0. The van der Waals surface area contributed by atoms with Crippen LogP contribution in [0.5, 0.6) is 0 Å². The quantitative estimate of drug-likeness (QED) is 0.746. The predicted octanol–water partition coefficient (Wildman–Crippen LogP) is 2.72. The summed E-state index contributed by atoms with van der Waals surface area (Å²) in [6, 6.07) is 7.83. The predicted molar refractivity (Wildman–Crippen MR) is 84.0 cm³/mol. The molecule has 5 heteroatoms. The number of nitrogen functional groups attached to an aromatic ring is 1. The van der Waals surface area contributed by atoms with Crippen LogP contribution in [0.25, 0.3) is 11.0 Å². The fraction of sp³-hybridized carbons (Fsp3) is 0.312. The molecule has 108 valence electrons. The van der Waals surface area contributed by atoms with E-state index in [1.807, 2.05) is 31.2 Å². The Morgan fingerprint density at radius 2 is 2.05 bits per heavy atom. The molecule has 0 bridgehead atoms. The van der Waals surface area contributed by atoms with Gasteiger partial charge in [-0.3, -0.25) is 0 Å². The van der Waals surface area contributed by atoms with Crippen molar-refractivity contribution in [2.75, 3.05) is 5.73 Å². The van der Waals surface area contributed by atoms with Gasteiger partial charge in [-0.1, -0.05) is 6.92 Å². The van der Waals surface area contributed by atoms with E-state index in [1.165, 1.54) is 0 Å². The average Bonchev–Trinajstić information content (AvgIpc) is 2.76. The van der Waals surface area contributed by atoms with Gasteiger partial charge in [-0.05, 0) is 37.6 Å². The molecule has 0 aliphatic carbocycles. The minimum Gasteiger partial charge on any atom is -0.399 e. The van der Waals surface area contributed by atoms with E-state index < -0.39 is 0 Å². The van der Waals surface area contributed by atoms with Gasteiger partial charge < -0.3 is 10.3 Å². The summed E-state index contributed by atoms with van der Waals surface area (Å²) in [5.41, 5.74) is 9.65. The molecule has 3 rings (SSSR count). The zero-order valence-electron chi connectivity index (χ0n) is 12.4. The topological polar surface area (TPSA) is 69.6 Å². The zero-order valence-corrected chi connectivity index (χ0v) is 12.4. The minimum atomic E-state index is 0.707. The number of fused-ring (bicyclic) bond motifs is 1. The zero-order chi connectivity index (χ0) is 14.8. The molecule has 0 unspecified atom stereocenters. The molecular formula is C16H19N5. The number of nitrogens with two attached hydrogens (primary N) is 1. The molecule has 2 heterocycles. The van der Waals surface area contributed by atoms with E-state index in [1.54, 1.807) is 6.20 Å². The number of aryl methyl sites for hydroxylation is 2. The van der Waals surface area contributed by atoms with Crippen LogP contribution >= 0.6 is 0 Å². The van der Waals surface area contributed by atoms with Crippen molar-refractivity contribution in [2.24, 2.45) is 0 Å². The largest absolute Gasteiger partial charge is 0.399 e. The van der Waals surface area contributed by atoms with Gasteiger partial charge in [0.05, 0.1) is 23.3 Å². The maximum atomic E-state index is 5.86. The van der Waals surface area contributed by atoms with Crippen LogP contribution in [-0.4, -0.2) is 19.5 Å². The van der Waals surface area contributed by atoms with Crippen molar-refractivity contribution in [2.45, 2.75) is 33.2 Å². The van der Waals surface area contributed by atoms with Gasteiger partial charge in [-0.15, -0.1) is 0 Å². The van der Waals surface area contributed by atoms with Gasteiger partial charge in [0.15, 0.2) is 0 Å². The SMILES string of the molecule is CCCc1nc2cc(N)ccc2n1Cc1ccnc(C)n1. The van der Waals surface area contributed by atoms with Crippen LogP contribution in [0, 0.1) is 6.92 Å². The van der Waals surface area contributed by atoms with Crippen LogP contribution in [0.4, 0.5) is 5.69 Å². The Balaban J connectivity index is 2.08. The maximum Gasteiger partial charge on any atom is 0.125 e. The molecule has 0 fully saturated rings. The lowest BCUT2D eigenvalue weighted by Crippen LogP contribution is -2.07. The number of nitrogens with zero attached hydrogens (tertiary/aromatic N) is 4. The van der Waals surface area contributed by atoms with Crippen LogP contribution in [0.2, 0.25) is 0 Å². The molecule has 0 atom stereocenters. The Morgan fingerprint density at radius 1 is 1.19 bits per heavy atom. The van der Waals surface area contributed by atoms with Gasteiger partial charge in [0.25, 0.3) is 0 Å². The van der Waals surface area contributed by atoms with Gasteiger partial charge in [0, 0.05) is 18.3 Å². The second-order valence-electron chi connectivity index (χ2n) is 5.21. The Labute approximate surface area is 123 Å². The summed E-state index contributed by atoms with van der Waals surface area (Å²) in [6.07, 6.45) is 3.80. The van der Waals surface area contributed by atoms with E-state index in [4.69, 9.17) is 10.7 Å². The molecule has 2 aromatic heterocycles. The summed E-state index contributed by atoms with van der Waals surface area (Å²) in [4.78, 5) is 13.4. The number of hydrogen-bond acceptors (Lipinski definition) is 4. The summed E-state index contributed by atoms with van der Waals surface area (Å²) in [7, 11) is 0. The molecular weight excluding hydrogens is 262 g/mol. The molecule has 0 spiro atoms. The Morgan fingerprint density at radius 3 is 2.81 bits per heavy atom. The highest BCUT2D eigenvalue weighted by Gasteiger charge is 2.11. The maximum absolute atomic E-state index is 5.86. The fourth-order valence-electron chi connectivity index (χ4n) is 2.54. The fourth-order valence-corrected chi connectivity index (χ4v) is 2.54. The highest BCUT2D eigenvalue weighted by Crippen LogP contribution is 2.21. The monoisotopic (exact) mass is 281 g/mol. The van der Waals surface area contributed by atoms with E-state index >= 15 is 0 Å². The van der Waals surface area contributed by atoms with E-state index in [0.717, 1.165) is 46.9 Å². The molecule has 0 amide bonds.